The number of ether oxygens (including phenoxy) is 1. The lowest BCUT2D eigenvalue weighted by atomic mass is 10.0. The van der Waals surface area contributed by atoms with E-state index >= 15 is 0 Å². The second kappa shape index (κ2) is 6.24. The van der Waals surface area contributed by atoms with E-state index in [9.17, 15) is 4.39 Å². The van der Waals surface area contributed by atoms with E-state index in [0.29, 0.717) is 11.7 Å². The highest BCUT2D eigenvalue weighted by Crippen LogP contribution is 2.31. The minimum absolute atomic E-state index is 0.218. The maximum atomic E-state index is 13.5. The van der Waals surface area contributed by atoms with E-state index in [1.54, 1.807) is 12.1 Å². The average Bonchev–Trinajstić information content (AvgIpc) is 2.25. The van der Waals surface area contributed by atoms with Crippen LogP contribution in [0.25, 0.3) is 0 Å². The smallest absolute Gasteiger partial charge is 0.165 e. The number of benzene rings is 1. The monoisotopic (exact) mass is 288 g/mol. The minimum Gasteiger partial charge on any atom is -0.494 e. The number of alkyl halides is 1. The molecule has 0 spiro atoms. The summed E-state index contributed by atoms with van der Waals surface area (Å²) in [7, 11) is 1.47. The van der Waals surface area contributed by atoms with E-state index in [0.717, 1.165) is 18.4 Å². The molecule has 0 aromatic heterocycles. The second-order valence-electron chi connectivity index (χ2n) is 4.33. The third kappa shape index (κ3) is 3.78. The van der Waals surface area contributed by atoms with E-state index in [1.165, 1.54) is 7.11 Å². The van der Waals surface area contributed by atoms with Crippen LogP contribution < -0.4 is 4.74 Å². The first-order valence-electron chi connectivity index (χ1n) is 5.52. The summed E-state index contributed by atoms with van der Waals surface area (Å²) in [6.07, 6.45) is 2.15. The third-order valence-electron chi connectivity index (χ3n) is 2.54. The van der Waals surface area contributed by atoms with Crippen LogP contribution in [0.3, 0.4) is 0 Å². The molecular formula is C13H18BrFO. The van der Waals surface area contributed by atoms with Crippen LogP contribution in [0, 0.1) is 11.7 Å². The highest BCUT2D eigenvalue weighted by Gasteiger charge is 2.11. The summed E-state index contributed by atoms with van der Waals surface area (Å²) in [5.74, 6) is 0.671. The number of halogens is 2. The van der Waals surface area contributed by atoms with Crippen LogP contribution in [-0.4, -0.2) is 7.11 Å². The Kier molecular flexibility index (Phi) is 5.26. The lowest BCUT2D eigenvalue weighted by molar-refractivity contribution is 0.386. The molecule has 0 fully saturated rings. The van der Waals surface area contributed by atoms with Crippen LogP contribution >= 0.6 is 15.9 Å². The fraction of sp³-hybridized carbons (Fsp3) is 0.538. The van der Waals surface area contributed by atoms with Crippen molar-refractivity contribution in [1.82, 2.24) is 0 Å². The average molecular weight is 289 g/mol. The molecule has 0 radical (unpaired) electrons. The van der Waals surface area contributed by atoms with Gasteiger partial charge in [0.05, 0.1) is 7.11 Å². The van der Waals surface area contributed by atoms with Crippen LogP contribution in [0.15, 0.2) is 18.2 Å². The van der Waals surface area contributed by atoms with Crippen LogP contribution in [0.4, 0.5) is 4.39 Å². The van der Waals surface area contributed by atoms with Crippen molar-refractivity contribution in [3.05, 3.63) is 29.6 Å². The van der Waals surface area contributed by atoms with E-state index in [2.05, 4.69) is 29.8 Å². The van der Waals surface area contributed by atoms with Crippen molar-refractivity contribution >= 4 is 15.9 Å². The highest BCUT2D eigenvalue weighted by molar-refractivity contribution is 9.09. The zero-order chi connectivity index (χ0) is 12.1. The van der Waals surface area contributed by atoms with Gasteiger partial charge in [0.15, 0.2) is 11.6 Å². The molecule has 0 amide bonds. The molecular weight excluding hydrogens is 271 g/mol. The molecule has 0 saturated carbocycles. The summed E-state index contributed by atoms with van der Waals surface area (Å²) in [5, 5.41) is 0. The molecule has 0 aliphatic heterocycles. The van der Waals surface area contributed by atoms with Crippen LogP contribution in [0.5, 0.6) is 5.75 Å². The molecule has 0 aliphatic rings. The van der Waals surface area contributed by atoms with Gasteiger partial charge in [0.25, 0.3) is 0 Å². The van der Waals surface area contributed by atoms with Crippen LogP contribution in [0.2, 0.25) is 0 Å². The van der Waals surface area contributed by atoms with E-state index in [4.69, 9.17) is 4.74 Å². The summed E-state index contributed by atoms with van der Waals surface area (Å²) in [6.45, 7) is 4.38. The van der Waals surface area contributed by atoms with E-state index < -0.39 is 0 Å². The summed E-state index contributed by atoms with van der Waals surface area (Å²) < 4.78 is 18.4. The maximum absolute atomic E-state index is 13.5. The number of rotatable bonds is 5. The normalized spacial score (nSPS) is 12.9. The Bertz CT molecular complexity index is 339. The molecule has 1 nitrogen and oxygen atoms in total. The van der Waals surface area contributed by atoms with Gasteiger partial charge in [0.1, 0.15) is 0 Å². The molecule has 0 aliphatic carbocycles. The Labute approximate surface area is 105 Å². The fourth-order valence-corrected chi connectivity index (χ4v) is 2.07. The van der Waals surface area contributed by atoms with Crippen molar-refractivity contribution in [3.63, 3.8) is 0 Å². The van der Waals surface area contributed by atoms with Gasteiger partial charge in [0.2, 0.25) is 0 Å². The first kappa shape index (κ1) is 13.5. The lowest BCUT2D eigenvalue weighted by Crippen LogP contribution is -1.96. The van der Waals surface area contributed by atoms with Gasteiger partial charge in [-0.2, -0.15) is 0 Å². The van der Waals surface area contributed by atoms with Gasteiger partial charge < -0.3 is 4.74 Å². The highest BCUT2D eigenvalue weighted by atomic mass is 79.9. The Hall–Kier alpha value is -0.570. The molecule has 1 unspecified atom stereocenters. The Morgan fingerprint density at radius 3 is 2.50 bits per heavy atom. The van der Waals surface area contributed by atoms with Gasteiger partial charge in [0, 0.05) is 4.83 Å². The molecule has 1 aromatic rings. The molecule has 3 heteroatoms. The Balaban J connectivity index is 2.69. The molecule has 0 N–H and O–H groups in total. The molecule has 1 rings (SSSR count). The summed E-state index contributed by atoms with van der Waals surface area (Å²) in [5.41, 5.74) is 0.971. The number of hydrogen-bond donors (Lipinski definition) is 0. The summed E-state index contributed by atoms with van der Waals surface area (Å²) >= 11 is 3.59. The van der Waals surface area contributed by atoms with Crippen LogP contribution in [-0.2, 0) is 0 Å². The van der Waals surface area contributed by atoms with Gasteiger partial charge in [-0.25, -0.2) is 4.39 Å². The van der Waals surface area contributed by atoms with E-state index in [1.807, 2.05) is 6.07 Å². The summed E-state index contributed by atoms with van der Waals surface area (Å²) in [4.78, 5) is 0.218. The molecule has 1 atom stereocenters. The lowest BCUT2D eigenvalue weighted by Gasteiger charge is -2.12. The van der Waals surface area contributed by atoms with Gasteiger partial charge >= 0.3 is 0 Å². The second-order valence-corrected chi connectivity index (χ2v) is 5.44. The zero-order valence-electron chi connectivity index (χ0n) is 9.97. The standard InChI is InChI=1S/C13H18BrFO/c1-9(2)4-6-11(14)10-5-7-13(16-3)12(15)8-10/h5,7-9,11H,4,6H2,1-3H3. The topological polar surface area (TPSA) is 9.23 Å². The Morgan fingerprint density at radius 2 is 2.00 bits per heavy atom. The van der Waals surface area contributed by atoms with Crippen molar-refractivity contribution in [2.24, 2.45) is 5.92 Å². The molecule has 0 heterocycles. The van der Waals surface area contributed by atoms with Gasteiger partial charge in [-0.15, -0.1) is 0 Å². The molecule has 0 saturated heterocycles. The van der Waals surface area contributed by atoms with Crippen molar-refractivity contribution in [1.29, 1.82) is 0 Å². The first-order chi connectivity index (χ1) is 7.54. The van der Waals surface area contributed by atoms with Crippen molar-refractivity contribution in [2.75, 3.05) is 7.11 Å². The molecule has 16 heavy (non-hydrogen) atoms. The predicted octanol–water partition coefficient (Wildman–Crippen LogP) is 4.71. The summed E-state index contributed by atoms with van der Waals surface area (Å²) in [6, 6.07) is 5.12. The molecule has 90 valence electrons. The van der Waals surface area contributed by atoms with Crippen molar-refractivity contribution in [2.45, 2.75) is 31.5 Å². The van der Waals surface area contributed by atoms with Crippen molar-refractivity contribution in [3.8, 4) is 5.75 Å². The maximum Gasteiger partial charge on any atom is 0.165 e. The van der Waals surface area contributed by atoms with Gasteiger partial charge in [-0.1, -0.05) is 35.8 Å². The largest absolute Gasteiger partial charge is 0.494 e. The fourth-order valence-electron chi connectivity index (χ4n) is 1.52. The SMILES string of the molecule is COc1ccc(C(Br)CCC(C)C)cc1F. The first-order valence-corrected chi connectivity index (χ1v) is 6.43. The van der Waals surface area contributed by atoms with Gasteiger partial charge in [-0.05, 0) is 36.5 Å². The zero-order valence-corrected chi connectivity index (χ0v) is 11.6. The number of methoxy groups -OCH3 is 1. The predicted molar refractivity (Wildman–Crippen MR) is 68.7 cm³/mol. The van der Waals surface area contributed by atoms with Crippen LogP contribution in [0.1, 0.15) is 37.1 Å². The van der Waals surface area contributed by atoms with Crippen molar-refractivity contribution < 1.29 is 9.13 Å². The third-order valence-corrected chi connectivity index (χ3v) is 3.52. The minimum atomic E-state index is -0.297. The molecule has 0 bridgehead atoms. The van der Waals surface area contributed by atoms with Gasteiger partial charge in [-0.3, -0.25) is 0 Å². The van der Waals surface area contributed by atoms with E-state index in [-0.39, 0.29) is 10.6 Å². The Morgan fingerprint density at radius 1 is 1.31 bits per heavy atom. The number of hydrogen-bond acceptors (Lipinski definition) is 1. The quantitative estimate of drug-likeness (QED) is 0.713. The molecule has 1 aromatic carbocycles.